The molecule has 12 heteroatoms. The summed E-state index contributed by atoms with van der Waals surface area (Å²) in [5.41, 5.74) is 0.218. The van der Waals surface area contributed by atoms with Gasteiger partial charge in [-0.05, 0) is 43.2 Å². The van der Waals surface area contributed by atoms with Crippen LogP contribution in [0.1, 0.15) is 52.0 Å². The maximum atomic E-state index is 12.9. The molecule has 0 radical (unpaired) electrons. The van der Waals surface area contributed by atoms with Crippen LogP contribution in [-0.2, 0) is 11.0 Å². The predicted octanol–water partition coefficient (Wildman–Crippen LogP) is 2.56. The Balaban J connectivity index is 1.34. The van der Waals surface area contributed by atoms with Gasteiger partial charge in [0.1, 0.15) is 11.0 Å². The molecular formula is C23H23F3N6O3. The summed E-state index contributed by atoms with van der Waals surface area (Å²) in [6, 6.07) is 8.35. The standard InChI is InChI=1S/C23H23F3N6O3/c24-23(25,26)14-6-3-5-13(11-14)21(34)27-12-19(33)28-16-8-1-2-9-17(16)29-22(35)15-7-4-10-18-20(15)31-32-30-18/h3-7,10-11,16-17H,1-2,8-9,12H2,(H,27,34)(H,28,33)(H,29,35)(H,30,31,32)/t16-,17+/m1/s1. The molecule has 0 aliphatic heterocycles. The number of alkyl halides is 3. The van der Waals surface area contributed by atoms with E-state index in [9.17, 15) is 27.6 Å². The molecule has 3 amide bonds. The first-order chi connectivity index (χ1) is 16.7. The highest BCUT2D eigenvalue weighted by Gasteiger charge is 2.31. The van der Waals surface area contributed by atoms with Crippen molar-refractivity contribution in [2.75, 3.05) is 6.54 Å². The molecule has 1 aliphatic carbocycles. The van der Waals surface area contributed by atoms with E-state index in [1.165, 1.54) is 6.07 Å². The average molecular weight is 488 g/mol. The van der Waals surface area contributed by atoms with Crippen molar-refractivity contribution < 1.29 is 27.6 Å². The summed E-state index contributed by atoms with van der Waals surface area (Å²) >= 11 is 0. The first-order valence-corrected chi connectivity index (χ1v) is 11.1. The van der Waals surface area contributed by atoms with E-state index in [1.807, 2.05) is 0 Å². The molecule has 0 bridgehead atoms. The van der Waals surface area contributed by atoms with Crippen LogP contribution in [0.5, 0.6) is 0 Å². The molecule has 1 saturated carbocycles. The van der Waals surface area contributed by atoms with Crippen LogP contribution in [0, 0.1) is 0 Å². The molecule has 1 fully saturated rings. The van der Waals surface area contributed by atoms with E-state index >= 15 is 0 Å². The number of nitrogens with one attached hydrogen (secondary N) is 4. The van der Waals surface area contributed by atoms with Gasteiger partial charge in [0.15, 0.2) is 0 Å². The number of rotatable bonds is 6. The van der Waals surface area contributed by atoms with Gasteiger partial charge in [0.25, 0.3) is 11.8 Å². The monoisotopic (exact) mass is 488 g/mol. The fourth-order valence-corrected chi connectivity index (χ4v) is 4.13. The fourth-order valence-electron chi connectivity index (χ4n) is 4.13. The van der Waals surface area contributed by atoms with Gasteiger partial charge < -0.3 is 16.0 Å². The number of fused-ring (bicyclic) bond motifs is 1. The summed E-state index contributed by atoms with van der Waals surface area (Å²) in [7, 11) is 0. The lowest BCUT2D eigenvalue weighted by Crippen LogP contribution is -2.54. The molecule has 0 unspecified atom stereocenters. The second-order valence-corrected chi connectivity index (χ2v) is 8.30. The molecule has 35 heavy (non-hydrogen) atoms. The summed E-state index contributed by atoms with van der Waals surface area (Å²) in [6.07, 6.45) is -1.56. The van der Waals surface area contributed by atoms with Crippen molar-refractivity contribution in [1.29, 1.82) is 0 Å². The first kappa shape index (κ1) is 24.2. The van der Waals surface area contributed by atoms with Crippen LogP contribution in [0.4, 0.5) is 13.2 Å². The quantitative estimate of drug-likeness (QED) is 0.424. The lowest BCUT2D eigenvalue weighted by atomic mass is 9.90. The van der Waals surface area contributed by atoms with Gasteiger partial charge in [-0.3, -0.25) is 14.4 Å². The molecule has 184 valence electrons. The Kier molecular flexibility index (Phi) is 6.99. The SMILES string of the molecule is O=C(CNC(=O)c1cccc(C(F)(F)F)c1)N[C@@H]1CCCC[C@@H]1NC(=O)c1cccc2n[nH]nc12. The summed E-state index contributed by atoms with van der Waals surface area (Å²) < 4.78 is 38.6. The van der Waals surface area contributed by atoms with Crippen molar-refractivity contribution in [3.8, 4) is 0 Å². The maximum Gasteiger partial charge on any atom is 0.416 e. The van der Waals surface area contributed by atoms with Crippen LogP contribution in [0.25, 0.3) is 11.0 Å². The zero-order valence-corrected chi connectivity index (χ0v) is 18.5. The number of benzene rings is 2. The van der Waals surface area contributed by atoms with Crippen molar-refractivity contribution in [2.45, 2.75) is 43.9 Å². The second kappa shape index (κ2) is 10.1. The minimum Gasteiger partial charge on any atom is -0.350 e. The molecule has 0 saturated heterocycles. The third kappa shape index (κ3) is 5.76. The van der Waals surface area contributed by atoms with Crippen molar-refractivity contribution in [3.05, 3.63) is 59.2 Å². The third-order valence-electron chi connectivity index (χ3n) is 5.88. The summed E-state index contributed by atoms with van der Waals surface area (Å²) in [6.45, 7) is -0.412. The Morgan fingerprint density at radius 2 is 1.66 bits per heavy atom. The van der Waals surface area contributed by atoms with Gasteiger partial charge in [0, 0.05) is 17.6 Å². The van der Waals surface area contributed by atoms with Crippen molar-refractivity contribution in [1.82, 2.24) is 31.4 Å². The van der Waals surface area contributed by atoms with Gasteiger partial charge in [-0.25, -0.2) is 0 Å². The number of para-hydroxylation sites is 1. The van der Waals surface area contributed by atoms with Crippen LogP contribution in [0.15, 0.2) is 42.5 Å². The Labute approximate surface area is 197 Å². The molecule has 1 aromatic heterocycles. The van der Waals surface area contributed by atoms with Crippen LogP contribution in [-0.4, -0.2) is 51.8 Å². The van der Waals surface area contributed by atoms with Gasteiger partial charge in [-0.2, -0.15) is 28.6 Å². The maximum absolute atomic E-state index is 12.9. The van der Waals surface area contributed by atoms with E-state index in [0.717, 1.165) is 31.0 Å². The van der Waals surface area contributed by atoms with E-state index in [-0.39, 0.29) is 23.6 Å². The number of carbonyl (C=O) groups excluding carboxylic acids is 3. The molecule has 1 heterocycles. The van der Waals surface area contributed by atoms with Crippen LogP contribution >= 0.6 is 0 Å². The number of nitrogens with zero attached hydrogens (tertiary/aromatic N) is 2. The zero-order valence-electron chi connectivity index (χ0n) is 18.5. The minimum absolute atomic E-state index is 0.197. The number of hydrogen-bond acceptors (Lipinski definition) is 5. The number of aromatic nitrogens is 3. The highest BCUT2D eigenvalue weighted by molar-refractivity contribution is 6.04. The molecule has 2 aromatic carbocycles. The molecule has 0 spiro atoms. The molecule has 3 aromatic rings. The number of carbonyl (C=O) groups is 3. The average Bonchev–Trinajstić information content (AvgIpc) is 3.32. The van der Waals surface area contributed by atoms with Crippen LogP contribution in [0.3, 0.4) is 0 Å². The molecule has 4 N–H and O–H groups in total. The summed E-state index contributed by atoms with van der Waals surface area (Å²) in [4.78, 5) is 37.6. The third-order valence-corrected chi connectivity index (χ3v) is 5.88. The summed E-state index contributed by atoms with van der Waals surface area (Å²) in [5.74, 6) is -1.64. The van der Waals surface area contributed by atoms with Crippen molar-refractivity contribution in [3.63, 3.8) is 0 Å². The highest BCUT2D eigenvalue weighted by atomic mass is 19.4. The zero-order chi connectivity index (χ0) is 25.0. The molecular weight excluding hydrogens is 465 g/mol. The predicted molar refractivity (Wildman–Crippen MR) is 119 cm³/mol. The van der Waals surface area contributed by atoms with Gasteiger partial charge in [0.05, 0.1) is 17.7 Å². The Morgan fingerprint density at radius 1 is 0.943 bits per heavy atom. The number of aromatic amines is 1. The number of H-pyrrole nitrogens is 1. The largest absolute Gasteiger partial charge is 0.416 e. The van der Waals surface area contributed by atoms with E-state index in [1.54, 1.807) is 18.2 Å². The Bertz CT molecular complexity index is 1240. The van der Waals surface area contributed by atoms with E-state index in [0.29, 0.717) is 29.4 Å². The molecule has 1 aliphatic rings. The van der Waals surface area contributed by atoms with Crippen molar-refractivity contribution in [2.24, 2.45) is 0 Å². The Morgan fingerprint density at radius 3 is 2.40 bits per heavy atom. The fraction of sp³-hybridized carbons (Fsp3) is 0.348. The summed E-state index contributed by atoms with van der Waals surface area (Å²) in [5, 5.41) is 18.6. The molecule has 4 rings (SSSR count). The van der Waals surface area contributed by atoms with Gasteiger partial charge in [-0.15, -0.1) is 0 Å². The Hall–Kier alpha value is -3.96. The minimum atomic E-state index is -4.58. The van der Waals surface area contributed by atoms with Crippen molar-refractivity contribution >= 4 is 28.8 Å². The van der Waals surface area contributed by atoms with Gasteiger partial charge >= 0.3 is 6.18 Å². The van der Waals surface area contributed by atoms with Crippen LogP contribution in [0.2, 0.25) is 0 Å². The highest BCUT2D eigenvalue weighted by Crippen LogP contribution is 2.29. The van der Waals surface area contributed by atoms with Crippen LogP contribution < -0.4 is 16.0 Å². The number of amides is 3. The topological polar surface area (TPSA) is 129 Å². The smallest absolute Gasteiger partial charge is 0.350 e. The lowest BCUT2D eigenvalue weighted by molar-refractivity contribution is -0.137. The number of halogens is 3. The van der Waals surface area contributed by atoms with E-state index in [4.69, 9.17) is 0 Å². The number of hydrogen-bond donors (Lipinski definition) is 4. The van der Waals surface area contributed by atoms with Gasteiger partial charge in [0.2, 0.25) is 5.91 Å². The molecule has 2 atom stereocenters. The van der Waals surface area contributed by atoms with E-state index in [2.05, 4.69) is 31.4 Å². The van der Waals surface area contributed by atoms with E-state index < -0.39 is 30.1 Å². The second-order valence-electron chi connectivity index (χ2n) is 8.30. The first-order valence-electron chi connectivity index (χ1n) is 11.1. The molecule has 9 nitrogen and oxygen atoms in total. The van der Waals surface area contributed by atoms with Gasteiger partial charge in [-0.1, -0.05) is 25.0 Å². The lowest BCUT2D eigenvalue weighted by Gasteiger charge is -2.32. The normalized spacial score (nSPS) is 18.1.